The Morgan fingerprint density at radius 1 is 1.00 bits per heavy atom. The van der Waals surface area contributed by atoms with Crippen molar-refractivity contribution in [1.29, 1.82) is 0 Å². The van der Waals surface area contributed by atoms with E-state index in [0.717, 1.165) is 29.9 Å². The third-order valence-corrected chi connectivity index (χ3v) is 6.21. The summed E-state index contributed by atoms with van der Waals surface area (Å²) >= 11 is 0. The fraction of sp³-hybridized carbons (Fsp3) is 0.154. The Balaban J connectivity index is 1.38. The number of rotatable bonds is 4. The molecule has 0 saturated carbocycles. The van der Waals surface area contributed by atoms with Crippen molar-refractivity contribution in [3.63, 3.8) is 0 Å². The van der Waals surface area contributed by atoms with Crippen LogP contribution in [0.25, 0.3) is 21.9 Å². The van der Waals surface area contributed by atoms with Crippen molar-refractivity contribution in [2.75, 3.05) is 11.9 Å². The fourth-order valence-electron chi connectivity index (χ4n) is 4.64. The maximum Gasteiger partial charge on any atom is 0.272 e. The van der Waals surface area contributed by atoms with Gasteiger partial charge >= 0.3 is 0 Å². The number of nitrogens with one attached hydrogen (secondary N) is 2. The molecule has 0 bridgehead atoms. The zero-order valence-electron chi connectivity index (χ0n) is 18.2. The molecular formula is C26H21F2N5O. The highest BCUT2D eigenvalue weighted by Gasteiger charge is 2.19. The lowest BCUT2D eigenvalue weighted by Crippen LogP contribution is -2.28. The number of benzene rings is 3. The van der Waals surface area contributed by atoms with E-state index >= 15 is 0 Å². The molecule has 2 N–H and O–H groups in total. The number of nitrogens with zero attached hydrogens (tertiary/aromatic N) is 3. The second kappa shape index (κ2) is 8.07. The molecule has 1 amide bonds. The average molecular weight is 457 g/mol. The number of amides is 1. The molecule has 0 aliphatic carbocycles. The summed E-state index contributed by atoms with van der Waals surface area (Å²) in [5.41, 5.74) is 4.27. The Bertz CT molecular complexity index is 1570. The summed E-state index contributed by atoms with van der Waals surface area (Å²) in [5, 5.41) is 6.89. The van der Waals surface area contributed by atoms with E-state index in [1.807, 2.05) is 18.2 Å². The van der Waals surface area contributed by atoms with Gasteiger partial charge in [-0.2, -0.15) is 0 Å². The molecule has 1 aliphatic rings. The van der Waals surface area contributed by atoms with Gasteiger partial charge in [0.2, 0.25) is 0 Å². The summed E-state index contributed by atoms with van der Waals surface area (Å²) in [7, 11) is 0. The molecule has 0 unspecified atom stereocenters. The van der Waals surface area contributed by atoms with Gasteiger partial charge < -0.3 is 19.8 Å². The predicted octanol–water partition coefficient (Wildman–Crippen LogP) is 4.67. The molecule has 2 aromatic heterocycles. The fourth-order valence-corrected chi connectivity index (χ4v) is 4.64. The second-order valence-corrected chi connectivity index (χ2v) is 8.46. The van der Waals surface area contributed by atoms with Crippen molar-refractivity contribution in [3.05, 3.63) is 95.4 Å². The van der Waals surface area contributed by atoms with Gasteiger partial charge in [0.05, 0.1) is 17.6 Å². The van der Waals surface area contributed by atoms with Crippen molar-refractivity contribution in [2.45, 2.75) is 19.6 Å². The quantitative estimate of drug-likeness (QED) is 0.412. The number of imidazole rings is 1. The van der Waals surface area contributed by atoms with E-state index in [0.29, 0.717) is 34.4 Å². The van der Waals surface area contributed by atoms with Crippen LogP contribution in [0.4, 0.5) is 14.5 Å². The molecule has 6 nitrogen and oxygen atoms in total. The van der Waals surface area contributed by atoms with Crippen molar-refractivity contribution in [2.24, 2.45) is 0 Å². The van der Waals surface area contributed by atoms with Gasteiger partial charge in [0.1, 0.15) is 23.2 Å². The maximum absolute atomic E-state index is 13.9. The SMILES string of the molecule is O=C(Nc1ccc2nc3n(c2c1)CCNC3)c1cc2cc(F)ccc2n1Cc1cccc(F)c1. The van der Waals surface area contributed by atoms with Gasteiger partial charge in [-0.3, -0.25) is 4.79 Å². The maximum atomic E-state index is 13.9. The first-order chi connectivity index (χ1) is 16.5. The first-order valence-electron chi connectivity index (χ1n) is 11.1. The third kappa shape index (κ3) is 3.62. The Morgan fingerprint density at radius 3 is 2.76 bits per heavy atom. The minimum atomic E-state index is -0.382. The van der Waals surface area contributed by atoms with E-state index in [9.17, 15) is 13.6 Å². The smallest absolute Gasteiger partial charge is 0.272 e. The van der Waals surface area contributed by atoms with E-state index in [2.05, 4.69) is 20.2 Å². The first kappa shape index (κ1) is 20.6. The van der Waals surface area contributed by atoms with E-state index in [1.165, 1.54) is 24.3 Å². The van der Waals surface area contributed by atoms with E-state index in [4.69, 9.17) is 0 Å². The van der Waals surface area contributed by atoms with E-state index in [-0.39, 0.29) is 24.1 Å². The zero-order valence-corrected chi connectivity index (χ0v) is 18.2. The van der Waals surface area contributed by atoms with Crippen molar-refractivity contribution >= 4 is 33.5 Å². The summed E-state index contributed by atoms with van der Waals surface area (Å²) in [6, 6.07) is 17.9. The number of aromatic nitrogens is 3. The summed E-state index contributed by atoms with van der Waals surface area (Å²) < 4.78 is 31.6. The third-order valence-electron chi connectivity index (χ3n) is 6.21. The summed E-state index contributed by atoms with van der Waals surface area (Å²) in [5.74, 6) is -0.0826. The normalized spacial score (nSPS) is 13.4. The molecule has 6 rings (SSSR count). The van der Waals surface area contributed by atoms with Crippen molar-refractivity contribution in [3.8, 4) is 0 Å². The molecule has 1 aliphatic heterocycles. The van der Waals surface area contributed by atoms with Gasteiger partial charge in [0.25, 0.3) is 5.91 Å². The molecule has 0 fully saturated rings. The molecule has 0 atom stereocenters. The molecular weight excluding hydrogens is 436 g/mol. The highest BCUT2D eigenvalue weighted by molar-refractivity contribution is 6.07. The predicted molar refractivity (Wildman–Crippen MR) is 127 cm³/mol. The molecule has 34 heavy (non-hydrogen) atoms. The average Bonchev–Trinajstić information content (AvgIpc) is 3.37. The largest absolute Gasteiger partial charge is 0.332 e. The standard InChI is InChI=1S/C26H21F2N5O/c27-18-3-1-2-16(10-18)15-33-22-7-4-19(28)11-17(22)12-24(33)26(34)30-20-5-6-21-23(13-20)32-9-8-29-14-25(32)31-21/h1-7,10-13,29H,8-9,14-15H2,(H,30,34). The van der Waals surface area contributed by atoms with Crippen LogP contribution in [0.5, 0.6) is 0 Å². The lowest BCUT2D eigenvalue weighted by molar-refractivity contribution is 0.101. The van der Waals surface area contributed by atoms with Gasteiger partial charge in [-0.25, -0.2) is 13.8 Å². The van der Waals surface area contributed by atoms with Crippen LogP contribution in [0.2, 0.25) is 0 Å². The van der Waals surface area contributed by atoms with Gasteiger partial charge in [-0.15, -0.1) is 0 Å². The Hall–Kier alpha value is -4.04. The zero-order chi connectivity index (χ0) is 23.2. The lowest BCUT2D eigenvalue weighted by Gasteiger charge is -2.15. The minimum absolute atomic E-state index is 0.276. The van der Waals surface area contributed by atoms with Gasteiger partial charge in [0.15, 0.2) is 0 Å². The number of fused-ring (bicyclic) bond motifs is 4. The number of halogens is 2. The molecule has 0 saturated heterocycles. The number of carbonyl (C=O) groups is 1. The number of carbonyl (C=O) groups excluding carboxylic acids is 1. The lowest BCUT2D eigenvalue weighted by atomic mass is 10.2. The highest BCUT2D eigenvalue weighted by atomic mass is 19.1. The van der Waals surface area contributed by atoms with Crippen molar-refractivity contribution in [1.82, 2.24) is 19.4 Å². The topological polar surface area (TPSA) is 63.9 Å². The Kier molecular flexibility index (Phi) is 4.88. The molecule has 5 aromatic rings. The van der Waals surface area contributed by atoms with Gasteiger partial charge in [-0.1, -0.05) is 12.1 Å². The number of anilines is 1. The van der Waals surface area contributed by atoms with Crippen LogP contribution in [-0.2, 0) is 19.6 Å². The summed E-state index contributed by atoms with van der Waals surface area (Å²) in [6.45, 7) is 2.67. The van der Waals surface area contributed by atoms with Crippen LogP contribution in [0.3, 0.4) is 0 Å². The van der Waals surface area contributed by atoms with Gasteiger partial charge in [0, 0.05) is 36.2 Å². The molecule has 170 valence electrons. The molecule has 3 heterocycles. The minimum Gasteiger partial charge on any atom is -0.332 e. The van der Waals surface area contributed by atoms with Crippen LogP contribution in [-0.4, -0.2) is 26.6 Å². The van der Waals surface area contributed by atoms with Crippen LogP contribution in [0.15, 0.2) is 66.7 Å². The summed E-state index contributed by atoms with van der Waals surface area (Å²) in [6.07, 6.45) is 0. The first-order valence-corrected chi connectivity index (χ1v) is 11.1. The van der Waals surface area contributed by atoms with Crippen LogP contribution >= 0.6 is 0 Å². The van der Waals surface area contributed by atoms with Crippen LogP contribution in [0, 0.1) is 11.6 Å². The molecule has 8 heteroatoms. The number of hydrogen-bond acceptors (Lipinski definition) is 3. The monoisotopic (exact) mass is 457 g/mol. The van der Waals surface area contributed by atoms with E-state index < -0.39 is 0 Å². The Morgan fingerprint density at radius 2 is 1.88 bits per heavy atom. The molecule has 3 aromatic carbocycles. The highest BCUT2D eigenvalue weighted by Crippen LogP contribution is 2.26. The van der Waals surface area contributed by atoms with Gasteiger partial charge in [-0.05, 0) is 60.2 Å². The Labute approximate surface area is 193 Å². The molecule has 0 radical (unpaired) electrons. The molecule has 0 spiro atoms. The van der Waals surface area contributed by atoms with E-state index in [1.54, 1.807) is 28.8 Å². The van der Waals surface area contributed by atoms with Crippen LogP contribution in [0.1, 0.15) is 21.9 Å². The summed E-state index contributed by atoms with van der Waals surface area (Å²) in [4.78, 5) is 18.0. The number of hydrogen-bond donors (Lipinski definition) is 2. The van der Waals surface area contributed by atoms with Crippen molar-refractivity contribution < 1.29 is 13.6 Å². The second-order valence-electron chi connectivity index (χ2n) is 8.46. The van der Waals surface area contributed by atoms with Crippen LogP contribution < -0.4 is 10.6 Å².